The highest BCUT2D eigenvalue weighted by Gasteiger charge is 2.38. The van der Waals surface area contributed by atoms with Gasteiger partial charge in [-0.15, -0.1) is 0 Å². The number of aryl methyl sites for hydroxylation is 2. The number of carbonyl (C=O) groups is 3. The van der Waals surface area contributed by atoms with E-state index in [9.17, 15) is 22.8 Å². The summed E-state index contributed by atoms with van der Waals surface area (Å²) in [4.78, 5) is 44.5. The molecular weight excluding hydrogens is 469 g/mol. The molecule has 0 fully saturated rings. The lowest BCUT2D eigenvalue weighted by Gasteiger charge is -2.27. The number of halogens is 3. The van der Waals surface area contributed by atoms with Crippen molar-refractivity contribution in [1.82, 2.24) is 29.3 Å². The molecule has 35 heavy (non-hydrogen) atoms. The lowest BCUT2D eigenvalue weighted by Crippen LogP contribution is -2.38. The first-order valence-electron chi connectivity index (χ1n) is 10.4. The molecular formula is C22H23F3N6O4. The van der Waals surface area contributed by atoms with Crippen LogP contribution < -0.4 is 5.32 Å². The van der Waals surface area contributed by atoms with Gasteiger partial charge in [-0.2, -0.15) is 13.2 Å². The Morgan fingerprint density at radius 2 is 1.83 bits per heavy atom. The Morgan fingerprint density at radius 1 is 1.11 bits per heavy atom. The first-order chi connectivity index (χ1) is 16.5. The van der Waals surface area contributed by atoms with E-state index in [0.717, 1.165) is 17.2 Å². The average Bonchev–Trinajstić information content (AvgIpc) is 3.41. The summed E-state index contributed by atoms with van der Waals surface area (Å²) >= 11 is 0. The summed E-state index contributed by atoms with van der Waals surface area (Å²) in [7, 11) is 1.83. The summed E-state index contributed by atoms with van der Waals surface area (Å²) in [5, 5.41) is 10.0. The van der Waals surface area contributed by atoms with Crippen LogP contribution in [0.25, 0.3) is 0 Å². The number of rotatable bonds is 4. The number of carboxylic acid groups (broad SMARTS) is 1. The third kappa shape index (κ3) is 6.46. The number of imidazole rings is 1. The molecule has 0 saturated heterocycles. The summed E-state index contributed by atoms with van der Waals surface area (Å²) in [6, 6.07) is 9.06. The van der Waals surface area contributed by atoms with Crippen molar-refractivity contribution in [1.29, 1.82) is 0 Å². The quantitative estimate of drug-likeness (QED) is 0.576. The van der Waals surface area contributed by atoms with Crippen molar-refractivity contribution in [2.24, 2.45) is 7.05 Å². The number of carbonyl (C=O) groups excluding carboxylic acids is 2. The van der Waals surface area contributed by atoms with Gasteiger partial charge in [0.1, 0.15) is 17.2 Å². The molecule has 13 heteroatoms. The van der Waals surface area contributed by atoms with Gasteiger partial charge in [-0.1, -0.05) is 6.07 Å². The predicted octanol–water partition coefficient (Wildman–Crippen LogP) is 2.14. The molecule has 4 rings (SSSR count). The largest absolute Gasteiger partial charge is 0.490 e. The number of hydrogen-bond donors (Lipinski definition) is 2. The van der Waals surface area contributed by atoms with Gasteiger partial charge >= 0.3 is 12.1 Å². The number of aromatic nitrogens is 4. The van der Waals surface area contributed by atoms with Gasteiger partial charge in [0, 0.05) is 38.2 Å². The summed E-state index contributed by atoms with van der Waals surface area (Å²) in [5.41, 5.74) is 2.66. The van der Waals surface area contributed by atoms with E-state index in [1.54, 1.807) is 21.6 Å². The van der Waals surface area contributed by atoms with Crippen LogP contribution >= 0.6 is 0 Å². The van der Waals surface area contributed by atoms with Crippen LogP contribution in [-0.4, -0.2) is 59.6 Å². The predicted molar refractivity (Wildman–Crippen MR) is 116 cm³/mol. The van der Waals surface area contributed by atoms with E-state index in [1.165, 1.54) is 0 Å². The summed E-state index contributed by atoms with van der Waals surface area (Å²) in [6.07, 6.45) is -1.31. The van der Waals surface area contributed by atoms with Crippen LogP contribution in [0.2, 0.25) is 0 Å². The highest BCUT2D eigenvalue weighted by Crippen LogP contribution is 2.16. The van der Waals surface area contributed by atoms with Crippen molar-refractivity contribution in [3.8, 4) is 0 Å². The zero-order valence-electron chi connectivity index (χ0n) is 18.9. The topological polar surface area (TPSA) is 122 Å². The Labute approximate surface area is 198 Å². The monoisotopic (exact) mass is 492 g/mol. The fourth-order valence-corrected chi connectivity index (χ4v) is 3.35. The van der Waals surface area contributed by atoms with E-state index < -0.39 is 12.1 Å². The number of alkyl halides is 3. The van der Waals surface area contributed by atoms with Crippen LogP contribution in [0.4, 0.5) is 13.2 Å². The van der Waals surface area contributed by atoms with Gasteiger partial charge in [0.2, 0.25) is 0 Å². The molecule has 10 nitrogen and oxygen atoms in total. The smallest absolute Gasteiger partial charge is 0.475 e. The molecule has 0 unspecified atom stereocenters. The molecule has 2 amide bonds. The van der Waals surface area contributed by atoms with Crippen LogP contribution in [0.1, 0.15) is 38.2 Å². The number of amides is 2. The second-order valence-electron chi connectivity index (χ2n) is 7.72. The van der Waals surface area contributed by atoms with E-state index in [0.29, 0.717) is 37.6 Å². The molecule has 0 aliphatic carbocycles. The van der Waals surface area contributed by atoms with Gasteiger partial charge in [0.15, 0.2) is 0 Å². The van der Waals surface area contributed by atoms with Crippen LogP contribution in [0, 0.1) is 6.92 Å². The molecule has 2 N–H and O–H groups in total. The van der Waals surface area contributed by atoms with Gasteiger partial charge in [-0.05, 0) is 31.2 Å². The average molecular weight is 492 g/mol. The van der Waals surface area contributed by atoms with Crippen molar-refractivity contribution >= 4 is 17.8 Å². The summed E-state index contributed by atoms with van der Waals surface area (Å²) in [6.45, 7) is 3.92. The molecule has 3 aromatic heterocycles. The van der Waals surface area contributed by atoms with Gasteiger partial charge in [-0.3, -0.25) is 9.59 Å². The first kappa shape index (κ1) is 25.5. The van der Waals surface area contributed by atoms with E-state index >= 15 is 0 Å². The maximum atomic E-state index is 12.7. The molecule has 0 radical (unpaired) electrons. The lowest BCUT2D eigenvalue weighted by molar-refractivity contribution is -0.192. The van der Waals surface area contributed by atoms with E-state index in [2.05, 4.69) is 15.3 Å². The number of aliphatic carboxylic acids is 1. The number of carboxylic acids is 1. The van der Waals surface area contributed by atoms with Gasteiger partial charge in [0.05, 0.1) is 18.8 Å². The number of fused-ring (bicyclic) bond motifs is 1. The standard InChI is InChI=1S/C20H22N6O2.C2HF3O2/c1-14-5-3-6-16(22-14)20(28)26-10-9-25-12-15(23-18(25)13-26)11-21-19(27)17-7-4-8-24(17)2;3-2(4,5)1(6)7/h3-8,12H,9-11,13H2,1-2H3,(H,21,27);(H,6,7). The fourth-order valence-electron chi connectivity index (χ4n) is 3.35. The molecule has 0 aromatic carbocycles. The van der Waals surface area contributed by atoms with Crippen molar-refractivity contribution in [2.75, 3.05) is 6.54 Å². The lowest BCUT2D eigenvalue weighted by atomic mass is 10.2. The van der Waals surface area contributed by atoms with Crippen molar-refractivity contribution < 1.29 is 32.7 Å². The molecule has 0 bridgehead atoms. The summed E-state index contributed by atoms with van der Waals surface area (Å²) in [5.74, 6) is -2.17. The van der Waals surface area contributed by atoms with Crippen LogP contribution in [0.5, 0.6) is 0 Å². The highest BCUT2D eigenvalue weighted by atomic mass is 19.4. The van der Waals surface area contributed by atoms with Gasteiger partial charge in [-0.25, -0.2) is 14.8 Å². The molecule has 3 aromatic rings. The zero-order valence-corrected chi connectivity index (χ0v) is 18.9. The minimum atomic E-state index is -5.08. The fraction of sp³-hybridized carbons (Fsp3) is 0.318. The van der Waals surface area contributed by atoms with E-state index in [1.807, 2.05) is 49.1 Å². The number of pyridine rings is 1. The van der Waals surface area contributed by atoms with Gasteiger partial charge in [0.25, 0.3) is 11.8 Å². The van der Waals surface area contributed by atoms with Crippen LogP contribution in [-0.2, 0) is 31.5 Å². The highest BCUT2D eigenvalue weighted by molar-refractivity contribution is 5.93. The molecule has 186 valence electrons. The van der Waals surface area contributed by atoms with Gasteiger partial charge < -0.3 is 24.5 Å². The Morgan fingerprint density at radius 3 is 2.43 bits per heavy atom. The Kier molecular flexibility index (Phi) is 7.57. The third-order valence-corrected chi connectivity index (χ3v) is 5.10. The van der Waals surface area contributed by atoms with Crippen LogP contribution in [0.15, 0.2) is 42.7 Å². The molecule has 0 atom stereocenters. The number of nitrogens with one attached hydrogen (secondary N) is 1. The first-order valence-corrected chi connectivity index (χ1v) is 10.4. The van der Waals surface area contributed by atoms with E-state index in [4.69, 9.17) is 9.90 Å². The SMILES string of the molecule is Cc1cccc(C(=O)N2CCn3cc(CNC(=O)c4cccn4C)nc3C2)n1.O=C(O)C(F)(F)F. The van der Waals surface area contributed by atoms with E-state index in [-0.39, 0.29) is 11.8 Å². The minimum absolute atomic E-state index is 0.0866. The number of nitrogens with zero attached hydrogens (tertiary/aromatic N) is 5. The second kappa shape index (κ2) is 10.4. The second-order valence-corrected chi connectivity index (χ2v) is 7.72. The van der Waals surface area contributed by atoms with Crippen molar-refractivity contribution in [3.63, 3.8) is 0 Å². The molecule has 4 heterocycles. The molecule has 0 saturated carbocycles. The zero-order chi connectivity index (χ0) is 25.8. The molecule has 1 aliphatic rings. The maximum Gasteiger partial charge on any atom is 0.490 e. The van der Waals surface area contributed by atoms with Crippen molar-refractivity contribution in [2.45, 2.75) is 32.7 Å². The Hall–Kier alpha value is -4.16. The minimum Gasteiger partial charge on any atom is -0.475 e. The third-order valence-electron chi connectivity index (χ3n) is 5.10. The van der Waals surface area contributed by atoms with Crippen molar-refractivity contribution in [3.05, 3.63) is 71.3 Å². The molecule has 0 spiro atoms. The number of hydrogen-bond acceptors (Lipinski definition) is 5. The Bertz CT molecular complexity index is 1230. The summed E-state index contributed by atoms with van der Waals surface area (Å²) < 4.78 is 35.5. The maximum absolute atomic E-state index is 12.7. The molecule has 1 aliphatic heterocycles. The normalized spacial score (nSPS) is 12.9. The Balaban J connectivity index is 0.000000429. The van der Waals surface area contributed by atoms with Crippen LogP contribution in [0.3, 0.4) is 0 Å².